The van der Waals surface area contributed by atoms with E-state index in [0.717, 1.165) is 11.0 Å². The lowest BCUT2D eigenvalue weighted by Gasteiger charge is -2.27. The van der Waals surface area contributed by atoms with Crippen molar-refractivity contribution in [3.8, 4) is 6.07 Å². The molecule has 0 bridgehead atoms. The van der Waals surface area contributed by atoms with Crippen molar-refractivity contribution in [1.29, 1.82) is 5.26 Å². The van der Waals surface area contributed by atoms with Crippen molar-refractivity contribution < 1.29 is 4.74 Å². The molecule has 0 spiro atoms. The van der Waals surface area contributed by atoms with Crippen molar-refractivity contribution in [2.75, 3.05) is 24.6 Å². The highest BCUT2D eigenvalue weighted by Crippen LogP contribution is 2.18. The molecule has 108 valence electrons. The van der Waals surface area contributed by atoms with E-state index in [1.54, 1.807) is 7.05 Å². The Bertz CT molecular complexity index is 668. The smallest absolute Gasteiger partial charge is 0.332 e. The largest absolute Gasteiger partial charge is 0.377 e. The summed E-state index contributed by atoms with van der Waals surface area (Å²) in [7, 11) is 2.96. The molecular formula is C13H18N4O3. The molecule has 2 rings (SSSR count). The average Bonchev–Trinajstić information content (AvgIpc) is 2.64. The fraction of sp³-hybridized carbons (Fsp3) is 0.615. The van der Waals surface area contributed by atoms with Crippen molar-refractivity contribution in [2.45, 2.75) is 19.4 Å². The molecule has 7 heteroatoms. The molecule has 1 aliphatic rings. The molecule has 1 aromatic rings. The molecule has 20 heavy (non-hydrogen) atoms. The number of rotatable bonds is 1. The maximum absolute atomic E-state index is 12.1. The standard InChI is InChI=1S/C13H18N4O3/c1-9-8-17(5-4-6-20-9)11-10(7-14)12(18)16(3)13(19)15(11)2/h9H,4-6,8H2,1-3H3/t9-/m0/s1. The van der Waals surface area contributed by atoms with Crippen LogP contribution >= 0.6 is 0 Å². The van der Waals surface area contributed by atoms with Gasteiger partial charge in [-0.15, -0.1) is 0 Å². The highest BCUT2D eigenvalue weighted by molar-refractivity contribution is 5.53. The first-order valence-corrected chi connectivity index (χ1v) is 6.54. The Balaban J connectivity index is 2.64. The van der Waals surface area contributed by atoms with E-state index in [2.05, 4.69) is 0 Å². The highest BCUT2D eigenvalue weighted by Gasteiger charge is 2.23. The van der Waals surface area contributed by atoms with E-state index in [1.807, 2.05) is 17.9 Å². The quantitative estimate of drug-likeness (QED) is 0.696. The second kappa shape index (κ2) is 5.51. The van der Waals surface area contributed by atoms with Crippen LogP contribution in [0.25, 0.3) is 0 Å². The number of anilines is 1. The molecular weight excluding hydrogens is 260 g/mol. The highest BCUT2D eigenvalue weighted by atomic mass is 16.5. The fourth-order valence-electron chi connectivity index (χ4n) is 2.49. The number of nitrogens with zero attached hydrogens (tertiary/aromatic N) is 4. The number of ether oxygens (including phenoxy) is 1. The van der Waals surface area contributed by atoms with Crippen LogP contribution < -0.4 is 16.1 Å². The van der Waals surface area contributed by atoms with Gasteiger partial charge in [0.1, 0.15) is 11.9 Å². The Morgan fingerprint density at radius 1 is 1.30 bits per heavy atom. The molecule has 2 heterocycles. The van der Waals surface area contributed by atoms with Gasteiger partial charge in [0.25, 0.3) is 5.56 Å². The van der Waals surface area contributed by atoms with E-state index in [0.29, 0.717) is 25.5 Å². The van der Waals surface area contributed by atoms with E-state index in [4.69, 9.17) is 4.74 Å². The van der Waals surface area contributed by atoms with E-state index < -0.39 is 11.2 Å². The zero-order valence-corrected chi connectivity index (χ0v) is 11.9. The summed E-state index contributed by atoms with van der Waals surface area (Å²) in [6.07, 6.45) is 0.779. The molecule has 0 saturated carbocycles. The summed E-state index contributed by atoms with van der Waals surface area (Å²) in [4.78, 5) is 26.0. The summed E-state index contributed by atoms with van der Waals surface area (Å²) in [5, 5.41) is 9.27. The van der Waals surface area contributed by atoms with Crippen LogP contribution in [0.4, 0.5) is 5.82 Å². The summed E-state index contributed by atoms with van der Waals surface area (Å²) in [5.74, 6) is 0.387. The lowest BCUT2D eigenvalue weighted by Crippen LogP contribution is -2.43. The molecule has 0 radical (unpaired) electrons. The monoisotopic (exact) mass is 278 g/mol. The maximum atomic E-state index is 12.1. The Hall–Kier alpha value is -2.07. The zero-order chi connectivity index (χ0) is 14.9. The summed E-state index contributed by atoms with van der Waals surface area (Å²) in [6, 6.07) is 1.93. The molecule has 0 aliphatic carbocycles. The third kappa shape index (κ3) is 2.34. The van der Waals surface area contributed by atoms with Gasteiger partial charge in [0.15, 0.2) is 5.56 Å². The van der Waals surface area contributed by atoms with Gasteiger partial charge < -0.3 is 9.64 Å². The Labute approximate surface area is 116 Å². The van der Waals surface area contributed by atoms with Crippen LogP contribution in [0.5, 0.6) is 0 Å². The summed E-state index contributed by atoms with van der Waals surface area (Å²) >= 11 is 0. The van der Waals surface area contributed by atoms with Crippen LogP contribution in [0.1, 0.15) is 18.9 Å². The number of hydrogen-bond acceptors (Lipinski definition) is 5. The molecule has 1 fully saturated rings. The van der Waals surface area contributed by atoms with Crippen molar-refractivity contribution >= 4 is 5.82 Å². The predicted octanol–water partition coefficient (Wildman–Crippen LogP) is -0.429. The van der Waals surface area contributed by atoms with Crippen molar-refractivity contribution in [3.63, 3.8) is 0 Å². The fourth-order valence-corrected chi connectivity index (χ4v) is 2.49. The second-order valence-electron chi connectivity index (χ2n) is 5.00. The molecule has 1 saturated heterocycles. The molecule has 1 aliphatic heterocycles. The topological polar surface area (TPSA) is 80.3 Å². The molecule has 0 N–H and O–H groups in total. The molecule has 0 unspecified atom stereocenters. The van der Waals surface area contributed by atoms with Gasteiger partial charge in [-0.1, -0.05) is 0 Å². The minimum absolute atomic E-state index is 0.00343. The van der Waals surface area contributed by atoms with Crippen molar-refractivity contribution in [3.05, 3.63) is 26.4 Å². The van der Waals surface area contributed by atoms with Crippen LogP contribution in [-0.2, 0) is 18.8 Å². The van der Waals surface area contributed by atoms with Gasteiger partial charge in [-0.2, -0.15) is 5.26 Å². The van der Waals surface area contributed by atoms with Crippen LogP contribution in [-0.4, -0.2) is 34.9 Å². The third-order valence-corrected chi connectivity index (χ3v) is 3.50. The van der Waals surface area contributed by atoms with Gasteiger partial charge in [0, 0.05) is 33.8 Å². The predicted molar refractivity (Wildman–Crippen MR) is 73.9 cm³/mol. The summed E-state index contributed by atoms with van der Waals surface area (Å²) in [6.45, 7) is 3.77. The van der Waals surface area contributed by atoms with Gasteiger partial charge in [-0.3, -0.25) is 13.9 Å². The van der Waals surface area contributed by atoms with Gasteiger partial charge in [0.05, 0.1) is 6.10 Å². The Morgan fingerprint density at radius 2 is 2.00 bits per heavy atom. The third-order valence-electron chi connectivity index (χ3n) is 3.50. The molecule has 0 aromatic carbocycles. The second-order valence-corrected chi connectivity index (χ2v) is 5.00. The van der Waals surface area contributed by atoms with E-state index in [1.165, 1.54) is 11.6 Å². The first-order valence-electron chi connectivity index (χ1n) is 6.54. The molecule has 1 aromatic heterocycles. The van der Waals surface area contributed by atoms with Crippen molar-refractivity contribution in [1.82, 2.24) is 9.13 Å². The molecule has 0 amide bonds. The van der Waals surface area contributed by atoms with Crippen LogP contribution in [0.3, 0.4) is 0 Å². The zero-order valence-electron chi connectivity index (χ0n) is 11.9. The van der Waals surface area contributed by atoms with E-state index >= 15 is 0 Å². The lowest BCUT2D eigenvalue weighted by molar-refractivity contribution is 0.0820. The lowest BCUT2D eigenvalue weighted by atomic mass is 10.2. The van der Waals surface area contributed by atoms with Gasteiger partial charge in [0.2, 0.25) is 0 Å². The van der Waals surface area contributed by atoms with Crippen LogP contribution in [0, 0.1) is 11.3 Å². The number of aromatic nitrogens is 2. The van der Waals surface area contributed by atoms with Gasteiger partial charge >= 0.3 is 5.69 Å². The summed E-state index contributed by atoms with van der Waals surface area (Å²) in [5.41, 5.74) is -0.978. The van der Waals surface area contributed by atoms with Crippen LogP contribution in [0.2, 0.25) is 0 Å². The Morgan fingerprint density at radius 3 is 2.65 bits per heavy atom. The van der Waals surface area contributed by atoms with Gasteiger partial charge in [-0.05, 0) is 13.3 Å². The SMILES string of the molecule is C[C@H]1CN(c2c(C#N)c(=O)n(C)c(=O)n2C)CCCO1. The normalized spacial score (nSPS) is 19.5. The molecule has 1 atom stereocenters. The van der Waals surface area contributed by atoms with Crippen molar-refractivity contribution in [2.24, 2.45) is 14.1 Å². The summed E-state index contributed by atoms with van der Waals surface area (Å²) < 4.78 is 7.87. The average molecular weight is 278 g/mol. The van der Waals surface area contributed by atoms with Gasteiger partial charge in [-0.25, -0.2) is 4.79 Å². The number of hydrogen-bond donors (Lipinski definition) is 0. The van der Waals surface area contributed by atoms with E-state index in [9.17, 15) is 14.9 Å². The minimum Gasteiger partial charge on any atom is -0.377 e. The Kier molecular flexibility index (Phi) is 3.95. The molecule has 7 nitrogen and oxygen atoms in total. The minimum atomic E-state index is -0.552. The van der Waals surface area contributed by atoms with E-state index in [-0.39, 0.29) is 11.7 Å². The number of nitriles is 1. The first kappa shape index (κ1) is 14.3. The van der Waals surface area contributed by atoms with Crippen LogP contribution in [0.15, 0.2) is 9.59 Å². The first-order chi connectivity index (χ1) is 9.47. The maximum Gasteiger partial charge on any atom is 0.332 e.